The van der Waals surface area contributed by atoms with Gasteiger partial charge in [0.05, 0.1) is 12.1 Å². The van der Waals surface area contributed by atoms with Crippen molar-refractivity contribution in [3.05, 3.63) is 11.1 Å². The molecule has 0 spiro atoms. The van der Waals surface area contributed by atoms with Gasteiger partial charge in [-0.05, 0) is 25.7 Å². The van der Waals surface area contributed by atoms with Crippen LogP contribution in [0.3, 0.4) is 0 Å². The van der Waals surface area contributed by atoms with E-state index in [0.717, 1.165) is 19.3 Å². The lowest BCUT2D eigenvalue weighted by Crippen LogP contribution is -2.44. The van der Waals surface area contributed by atoms with Crippen molar-refractivity contribution in [2.45, 2.75) is 44.6 Å². The second-order valence-corrected chi connectivity index (χ2v) is 5.91. The Balaban J connectivity index is 1.95. The lowest BCUT2D eigenvalue weighted by Gasteiger charge is -2.35. The van der Waals surface area contributed by atoms with Crippen molar-refractivity contribution in [2.24, 2.45) is 0 Å². The molecule has 2 heterocycles. The van der Waals surface area contributed by atoms with Crippen molar-refractivity contribution < 1.29 is 14.7 Å². The lowest BCUT2D eigenvalue weighted by atomic mass is 9.97. The third kappa shape index (κ3) is 3.93. The number of aromatic nitrogens is 1. The van der Waals surface area contributed by atoms with Crippen LogP contribution in [-0.4, -0.2) is 39.5 Å². The third-order valence-electron chi connectivity index (χ3n) is 3.54. The molecular weight excluding hydrogens is 278 g/mol. The summed E-state index contributed by atoms with van der Waals surface area (Å²) in [6.45, 7) is 0.711. The van der Waals surface area contributed by atoms with Gasteiger partial charge in [0, 0.05) is 24.4 Å². The number of carboxylic acids is 1. The van der Waals surface area contributed by atoms with Crippen LogP contribution in [0.15, 0.2) is 5.38 Å². The molecule has 3 N–H and O–H groups in total. The summed E-state index contributed by atoms with van der Waals surface area (Å²) < 4.78 is 0. The molecule has 1 amide bonds. The van der Waals surface area contributed by atoms with E-state index in [1.54, 1.807) is 5.38 Å². The number of anilines is 1. The molecule has 1 aromatic rings. The maximum Gasteiger partial charge on any atom is 0.303 e. The van der Waals surface area contributed by atoms with Gasteiger partial charge in [-0.3, -0.25) is 9.59 Å². The second-order valence-electron chi connectivity index (χ2n) is 5.02. The van der Waals surface area contributed by atoms with Gasteiger partial charge in [0.1, 0.15) is 0 Å². The molecular formula is C13H19N3O3S. The van der Waals surface area contributed by atoms with Crippen LogP contribution >= 0.6 is 11.3 Å². The smallest absolute Gasteiger partial charge is 0.303 e. The maximum absolute atomic E-state index is 12.3. The van der Waals surface area contributed by atoms with Crippen molar-refractivity contribution in [3.8, 4) is 0 Å². The first-order chi connectivity index (χ1) is 9.56. The van der Waals surface area contributed by atoms with Crippen molar-refractivity contribution in [3.63, 3.8) is 0 Å². The Bertz CT molecular complexity index is 489. The first kappa shape index (κ1) is 14.8. The van der Waals surface area contributed by atoms with Gasteiger partial charge in [0.25, 0.3) is 0 Å². The van der Waals surface area contributed by atoms with Crippen molar-refractivity contribution in [1.29, 1.82) is 0 Å². The van der Waals surface area contributed by atoms with E-state index in [2.05, 4.69) is 4.98 Å². The summed E-state index contributed by atoms with van der Waals surface area (Å²) in [5, 5.41) is 11.0. The van der Waals surface area contributed by atoms with E-state index in [0.29, 0.717) is 23.8 Å². The number of carboxylic acid groups (broad SMARTS) is 1. The molecule has 110 valence electrons. The number of rotatable bonds is 5. The van der Waals surface area contributed by atoms with Gasteiger partial charge in [-0.25, -0.2) is 4.98 Å². The summed E-state index contributed by atoms with van der Waals surface area (Å²) in [5.74, 6) is -0.791. The zero-order chi connectivity index (χ0) is 14.5. The Morgan fingerprint density at radius 2 is 2.30 bits per heavy atom. The standard InChI is InChI=1S/C13H19N3O3S/c14-13-15-9(8-20-13)7-11(17)16-6-2-1-3-10(16)4-5-12(18)19/h8,10H,1-7H2,(H2,14,15)(H,18,19). The van der Waals surface area contributed by atoms with Crippen LogP contribution in [0.1, 0.15) is 37.8 Å². The van der Waals surface area contributed by atoms with Crippen molar-refractivity contribution in [2.75, 3.05) is 12.3 Å². The Morgan fingerprint density at radius 3 is 2.95 bits per heavy atom. The second kappa shape index (κ2) is 6.69. The van der Waals surface area contributed by atoms with Gasteiger partial charge in [-0.2, -0.15) is 0 Å². The van der Waals surface area contributed by atoms with E-state index in [-0.39, 0.29) is 24.8 Å². The fourth-order valence-corrected chi connectivity index (χ4v) is 3.14. The van der Waals surface area contributed by atoms with Crippen LogP contribution < -0.4 is 5.73 Å². The summed E-state index contributed by atoms with van der Waals surface area (Å²) in [6, 6.07) is 0.0448. The van der Waals surface area contributed by atoms with Crippen LogP contribution in [-0.2, 0) is 16.0 Å². The average molecular weight is 297 g/mol. The summed E-state index contributed by atoms with van der Waals surface area (Å²) in [7, 11) is 0. The number of nitrogen functional groups attached to an aromatic ring is 1. The van der Waals surface area contributed by atoms with Gasteiger partial charge in [-0.15, -0.1) is 11.3 Å². The number of hydrogen-bond donors (Lipinski definition) is 2. The molecule has 0 bridgehead atoms. The number of nitrogens with two attached hydrogens (primary N) is 1. The first-order valence-electron chi connectivity index (χ1n) is 6.77. The van der Waals surface area contributed by atoms with E-state index in [4.69, 9.17) is 10.8 Å². The molecule has 1 aliphatic heterocycles. The van der Waals surface area contributed by atoms with Gasteiger partial charge in [-0.1, -0.05) is 0 Å². The Morgan fingerprint density at radius 1 is 1.50 bits per heavy atom. The number of hydrogen-bond acceptors (Lipinski definition) is 5. The quantitative estimate of drug-likeness (QED) is 0.858. The molecule has 1 aromatic heterocycles. The molecule has 0 aliphatic carbocycles. The number of carbonyl (C=O) groups excluding carboxylic acids is 1. The van der Waals surface area contributed by atoms with Crippen LogP contribution in [0.5, 0.6) is 0 Å². The highest BCUT2D eigenvalue weighted by molar-refractivity contribution is 7.13. The highest BCUT2D eigenvalue weighted by Crippen LogP contribution is 2.22. The number of likely N-dealkylation sites (tertiary alicyclic amines) is 1. The number of aliphatic carboxylic acids is 1. The summed E-state index contributed by atoms with van der Waals surface area (Å²) >= 11 is 1.33. The minimum atomic E-state index is -0.810. The van der Waals surface area contributed by atoms with E-state index < -0.39 is 5.97 Å². The highest BCUT2D eigenvalue weighted by Gasteiger charge is 2.27. The van der Waals surface area contributed by atoms with Crippen LogP contribution in [0.25, 0.3) is 0 Å². The van der Waals surface area contributed by atoms with Crippen LogP contribution in [0.2, 0.25) is 0 Å². The fourth-order valence-electron chi connectivity index (χ4n) is 2.58. The number of piperidine rings is 1. The predicted octanol–water partition coefficient (Wildman–Crippen LogP) is 1.51. The zero-order valence-electron chi connectivity index (χ0n) is 11.2. The minimum Gasteiger partial charge on any atom is -0.481 e. The highest BCUT2D eigenvalue weighted by atomic mass is 32.1. The third-order valence-corrected chi connectivity index (χ3v) is 4.26. The zero-order valence-corrected chi connectivity index (χ0v) is 12.1. The van der Waals surface area contributed by atoms with E-state index in [1.165, 1.54) is 11.3 Å². The Hall–Kier alpha value is -1.63. The predicted molar refractivity (Wildman–Crippen MR) is 76.5 cm³/mol. The summed E-state index contributed by atoms with van der Waals surface area (Å²) in [6.07, 6.45) is 3.81. The number of thiazole rings is 1. The van der Waals surface area contributed by atoms with Gasteiger partial charge < -0.3 is 15.7 Å². The normalized spacial score (nSPS) is 19.0. The fraction of sp³-hybridized carbons (Fsp3) is 0.615. The van der Waals surface area contributed by atoms with Gasteiger partial charge >= 0.3 is 5.97 Å². The average Bonchev–Trinajstić information content (AvgIpc) is 2.82. The topological polar surface area (TPSA) is 96.5 Å². The van der Waals surface area contributed by atoms with Gasteiger partial charge in [0.15, 0.2) is 5.13 Å². The summed E-state index contributed by atoms with van der Waals surface area (Å²) in [5.41, 5.74) is 6.25. The number of amides is 1. The minimum absolute atomic E-state index is 0.0189. The maximum atomic E-state index is 12.3. The van der Waals surface area contributed by atoms with E-state index >= 15 is 0 Å². The molecule has 1 aliphatic rings. The molecule has 2 rings (SSSR count). The van der Waals surface area contributed by atoms with Crippen LogP contribution in [0.4, 0.5) is 5.13 Å². The van der Waals surface area contributed by atoms with Crippen molar-refractivity contribution >= 4 is 28.3 Å². The molecule has 1 atom stereocenters. The molecule has 1 saturated heterocycles. The lowest BCUT2D eigenvalue weighted by molar-refractivity contribution is -0.139. The molecule has 0 aromatic carbocycles. The number of carbonyl (C=O) groups is 2. The molecule has 1 fully saturated rings. The first-order valence-corrected chi connectivity index (χ1v) is 7.65. The monoisotopic (exact) mass is 297 g/mol. The molecule has 0 saturated carbocycles. The Labute approximate surface area is 121 Å². The van der Waals surface area contributed by atoms with E-state index in [1.807, 2.05) is 4.90 Å². The molecule has 7 heteroatoms. The molecule has 20 heavy (non-hydrogen) atoms. The number of nitrogens with zero attached hydrogens (tertiary/aromatic N) is 2. The van der Waals surface area contributed by atoms with Crippen molar-refractivity contribution in [1.82, 2.24) is 9.88 Å². The summed E-state index contributed by atoms with van der Waals surface area (Å²) in [4.78, 5) is 28.9. The molecule has 6 nitrogen and oxygen atoms in total. The van der Waals surface area contributed by atoms with E-state index in [9.17, 15) is 9.59 Å². The molecule has 1 unspecified atom stereocenters. The SMILES string of the molecule is Nc1nc(CC(=O)N2CCCCC2CCC(=O)O)cs1. The molecule has 0 radical (unpaired) electrons. The Kier molecular flexibility index (Phi) is 4.94. The van der Waals surface area contributed by atoms with Gasteiger partial charge in [0.2, 0.25) is 5.91 Å². The largest absolute Gasteiger partial charge is 0.481 e. The van der Waals surface area contributed by atoms with Crippen LogP contribution in [0, 0.1) is 0 Å².